The quantitative estimate of drug-likeness (QED) is 0.725. The molecule has 0 radical (unpaired) electrons. The Bertz CT molecular complexity index is 401. The molecule has 0 spiro atoms. The summed E-state index contributed by atoms with van der Waals surface area (Å²) in [6.07, 6.45) is 4.59. The van der Waals surface area contributed by atoms with Gasteiger partial charge in [0.2, 0.25) is 5.91 Å². The van der Waals surface area contributed by atoms with Gasteiger partial charge >= 0.3 is 0 Å². The second-order valence-corrected chi connectivity index (χ2v) is 3.60. The van der Waals surface area contributed by atoms with Gasteiger partial charge in [0, 0.05) is 19.7 Å². The molecular formula is C12H14N2O2. The molecule has 0 fully saturated rings. The van der Waals surface area contributed by atoms with Crippen molar-refractivity contribution in [1.29, 1.82) is 5.26 Å². The normalized spacial score (nSPS) is 12.3. The Morgan fingerprint density at radius 3 is 3.06 bits per heavy atom. The van der Waals surface area contributed by atoms with Crippen molar-refractivity contribution in [2.45, 2.75) is 6.92 Å². The number of carbonyl (C=O) groups is 1. The fourth-order valence-corrected chi connectivity index (χ4v) is 1.21. The maximum absolute atomic E-state index is 11.6. The van der Waals surface area contributed by atoms with Gasteiger partial charge < -0.3 is 9.32 Å². The van der Waals surface area contributed by atoms with Crippen LogP contribution in [0.3, 0.4) is 0 Å². The third kappa shape index (κ3) is 3.62. The van der Waals surface area contributed by atoms with Crippen molar-refractivity contribution in [3.8, 4) is 6.07 Å². The first-order valence-electron chi connectivity index (χ1n) is 4.99. The van der Waals surface area contributed by atoms with E-state index < -0.39 is 0 Å². The summed E-state index contributed by atoms with van der Waals surface area (Å²) in [5.74, 6) is 0.333. The SMILES string of the molecule is C[C@H](C#N)CN(C)C(=O)/C=C/c1ccco1. The molecule has 4 nitrogen and oxygen atoms in total. The summed E-state index contributed by atoms with van der Waals surface area (Å²) in [5.41, 5.74) is 0. The predicted octanol–water partition coefficient (Wildman–Crippen LogP) is 1.91. The van der Waals surface area contributed by atoms with E-state index in [2.05, 4.69) is 6.07 Å². The van der Waals surface area contributed by atoms with Crippen molar-refractivity contribution in [3.63, 3.8) is 0 Å². The fourth-order valence-electron chi connectivity index (χ4n) is 1.21. The molecule has 0 saturated carbocycles. The van der Waals surface area contributed by atoms with Crippen LogP contribution in [0.25, 0.3) is 6.08 Å². The highest BCUT2D eigenvalue weighted by Gasteiger charge is 2.08. The molecule has 0 aromatic carbocycles. The molecule has 1 rings (SSSR count). The zero-order valence-corrected chi connectivity index (χ0v) is 9.38. The summed E-state index contributed by atoms with van der Waals surface area (Å²) in [7, 11) is 1.67. The Kier molecular flexibility index (Phi) is 4.34. The third-order valence-corrected chi connectivity index (χ3v) is 2.08. The minimum absolute atomic E-state index is 0.140. The van der Waals surface area contributed by atoms with E-state index in [-0.39, 0.29) is 11.8 Å². The molecule has 0 unspecified atom stereocenters. The zero-order valence-electron chi connectivity index (χ0n) is 9.38. The topological polar surface area (TPSA) is 57.2 Å². The third-order valence-electron chi connectivity index (χ3n) is 2.08. The van der Waals surface area contributed by atoms with Crippen molar-refractivity contribution in [2.24, 2.45) is 5.92 Å². The van der Waals surface area contributed by atoms with Crippen molar-refractivity contribution in [3.05, 3.63) is 30.2 Å². The Labute approximate surface area is 94.8 Å². The number of amides is 1. The van der Waals surface area contributed by atoms with Crippen LogP contribution in [0.1, 0.15) is 12.7 Å². The maximum atomic E-state index is 11.6. The molecule has 4 heteroatoms. The van der Waals surface area contributed by atoms with Crippen molar-refractivity contribution < 1.29 is 9.21 Å². The molecule has 1 aromatic rings. The van der Waals surface area contributed by atoms with E-state index in [0.29, 0.717) is 12.3 Å². The van der Waals surface area contributed by atoms with Crippen molar-refractivity contribution in [1.82, 2.24) is 4.90 Å². The molecule has 0 aliphatic rings. The highest BCUT2D eigenvalue weighted by molar-refractivity contribution is 5.91. The van der Waals surface area contributed by atoms with Crippen LogP contribution in [0.4, 0.5) is 0 Å². The van der Waals surface area contributed by atoms with Gasteiger partial charge in [0.05, 0.1) is 18.3 Å². The van der Waals surface area contributed by atoms with Crippen LogP contribution in [0.2, 0.25) is 0 Å². The van der Waals surface area contributed by atoms with Crippen LogP contribution in [-0.4, -0.2) is 24.4 Å². The largest absolute Gasteiger partial charge is 0.465 e. The van der Waals surface area contributed by atoms with E-state index in [9.17, 15) is 4.79 Å². The Hall–Kier alpha value is -2.02. The predicted molar refractivity (Wildman–Crippen MR) is 60.2 cm³/mol. The molecule has 1 heterocycles. The van der Waals surface area contributed by atoms with Gasteiger partial charge in [-0.25, -0.2) is 0 Å². The number of likely N-dealkylation sites (N-methyl/N-ethyl adjacent to an activating group) is 1. The summed E-state index contributed by atoms with van der Waals surface area (Å²) < 4.78 is 5.06. The Balaban J connectivity index is 2.49. The van der Waals surface area contributed by atoms with E-state index >= 15 is 0 Å². The highest BCUT2D eigenvalue weighted by atomic mass is 16.3. The van der Waals surface area contributed by atoms with Gasteiger partial charge in [0.25, 0.3) is 0 Å². The van der Waals surface area contributed by atoms with E-state index in [0.717, 1.165) is 0 Å². The number of carbonyl (C=O) groups excluding carboxylic acids is 1. The molecule has 84 valence electrons. The molecule has 0 aliphatic heterocycles. The van der Waals surface area contributed by atoms with Gasteiger partial charge in [-0.05, 0) is 25.1 Å². The number of hydrogen-bond acceptors (Lipinski definition) is 3. The lowest BCUT2D eigenvalue weighted by molar-refractivity contribution is -0.125. The molecule has 0 N–H and O–H groups in total. The van der Waals surface area contributed by atoms with Gasteiger partial charge in [0.15, 0.2) is 0 Å². The monoisotopic (exact) mass is 218 g/mol. The first kappa shape index (κ1) is 12.1. The second-order valence-electron chi connectivity index (χ2n) is 3.60. The average Bonchev–Trinajstić information content (AvgIpc) is 2.78. The van der Waals surface area contributed by atoms with Gasteiger partial charge in [-0.1, -0.05) is 0 Å². The number of nitriles is 1. The van der Waals surface area contributed by atoms with Gasteiger partial charge in [0.1, 0.15) is 5.76 Å². The van der Waals surface area contributed by atoms with Crippen molar-refractivity contribution in [2.75, 3.05) is 13.6 Å². The van der Waals surface area contributed by atoms with Gasteiger partial charge in [-0.3, -0.25) is 4.79 Å². The summed E-state index contributed by atoms with van der Waals surface area (Å²) in [6.45, 7) is 2.21. The van der Waals surface area contributed by atoms with Gasteiger partial charge in [-0.2, -0.15) is 5.26 Å². The van der Waals surface area contributed by atoms with Crippen LogP contribution in [0, 0.1) is 17.2 Å². The lowest BCUT2D eigenvalue weighted by atomic mass is 10.2. The van der Waals surface area contributed by atoms with Crippen LogP contribution in [0.5, 0.6) is 0 Å². The Morgan fingerprint density at radius 2 is 2.50 bits per heavy atom. The standard InChI is InChI=1S/C12H14N2O2/c1-10(8-13)9-14(2)12(15)6-5-11-4-3-7-16-11/h3-7,10H,9H2,1-2H3/b6-5+/t10-/m1/s1. The fraction of sp³-hybridized carbons (Fsp3) is 0.333. The second kappa shape index (κ2) is 5.76. The van der Waals surface area contributed by atoms with Crippen LogP contribution >= 0.6 is 0 Å². The molecule has 1 aromatic heterocycles. The van der Waals surface area contributed by atoms with E-state index in [4.69, 9.17) is 9.68 Å². The molecule has 1 amide bonds. The first-order chi connectivity index (χ1) is 7.63. The van der Waals surface area contributed by atoms with Crippen molar-refractivity contribution >= 4 is 12.0 Å². The van der Waals surface area contributed by atoms with E-state index in [1.54, 1.807) is 38.4 Å². The van der Waals surface area contributed by atoms with Crippen LogP contribution in [0.15, 0.2) is 28.9 Å². The van der Waals surface area contributed by atoms with Crippen LogP contribution < -0.4 is 0 Å². The van der Waals surface area contributed by atoms with E-state index in [1.807, 2.05) is 0 Å². The first-order valence-corrected chi connectivity index (χ1v) is 4.99. The summed E-state index contributed by atoms with van der Waals surface area (Å²) in [6, 6.07) is 5.60. The molecule has 16 heavy (non-hydrogen) atoms. The van der Waals surface area contributed by atoms with Gasteiger partial charge in [-0.15, -0.1) is 0 Å². The maximum Gasteiger partial charge on any atom is 0.246 e. The number of rotatable bonds is 4. The molecular weight excluding hydrogens is 204 g/mol. The average molecular weight is 218 g/mol. The Morgan fingerprint density at radius 1 is 1.75 bits per heavy atom. The number of hydrogen-bond donors (Lipinski definition) is 0. The zero-order chi connectivity index (χ0) is 12.0. The number of furan rings is 1. The molecule has 0 saturated heterocycles. The molecule has 0 bridgehead atoms. The minimum Gasteiger partial charge on any atom is -0.465 e. The number of nitrogens with zero attached hydrogens (tertiary/aromatic N) is 2. The minimum atomic E-state index is -0.161. The smallest absolute Gasteiger partial charge is 0.246 e. The highest BCUT2D eigenvalue weighted by Crippen LogP contribution is 2.03. The molecule has 1 atom stereocenters. The van der Waals surface area contributed by atoms with Crippen LogP contribution in [-0.2, 0) is 4.79 Å². The van der Waals surface area contributed by atoms with E-state index in [1.165, 1.54) is 11.0 Å². The lowest BCUT2D eigenvalue weighted by Gasteiger charge is -2.15. The lowest BCUT2D eigenvalue weighted by Crippen LogP contribution is -2.29. The molecule has 0 aliphatic carbocycles. The summed E-state index contributed by atoms with van der Waals surface area (Å²) in [4.78, 5) is 13.1. The summed E-state index contributed by atoms with van der Waals surface area (Å²) in [5, 5.41) is 8.62. The summed E-state index contributed by atoms with van der Waals surface area (Å²) >= 11 is 0.